The predicted octanol–water partition coefficient (Wildman–Crippen LogP) is 2.98. The van der Waals surface area contributed by atoms with Gasteiger partial charge in [-0.3, -0.25) is 9.69 Å². The van der Waals surface area contributed by atoms with Crippen LogP contribution in [0.5, 0.6) is 0 Å². The minimum Gasteiger partial charge on any atom is -0.468 e. The van der Waals surface area contributed by atoms with Gasteiger partial charge in [-0.2, -0.15) is 0 Å². The number of nitrogens with zero attached hydrogens (tertiary/aromatic N) is 1. The van der Waals surface area contributed by atoms with Gasteiger partial charge in [0.1, 0.15) is 5.76 Å². The lowest BCUT2D eigenvalue weighted by atomic mass is 10.1. The third kappa shape index (κ3) is 4.20. The Morgan fingerprint density at radius 1 is 1.19 bits per heavy atom. The van der Waals surface area contributed by atoms with Gasteiger partial charge in [0.2, 0.25) is 5.91 Å². The van der Waals surface area contributed by atoms with Gasteiger partial charge in [-0.15, -0.1) is 0 Å². The zero-order valence-corrected chi connectivity index (χ0v) is 12.7. The molecule has 1 amide bonds. The van der Waals surface area contributed by atoms with Crippen LogP contribution in [0, 0.1) is 0 Å². The molecule has 2 rings (SSSR count). The predicted molar refractivity (Wildman–Crippen MR) is 82.6 cm³/mol. The summed E-state index contributed by atoms with van der Waals surface area (Å²) in [6.45, 7) is 4.50. The Kier molecular flexibility index (Phi) is 5.17. The minimum atomic E-state index is -0.221. The summed E-state index contributed by atoms with van der Waals surface area (Å²) in [5, 5.41) is 3.05. The molecule has 1 heterocycles. The molecule has 0 aliphatic rings. The van der Waals surface area contributed by atoms with E-state index < -0.39 is 0 Å². The van der Waals surface area contributed by atoms with Crippen LogP contribution >= 0.6 is 0 Å². The van der Waals surface area contributed by atoms with Crippen molar-refractivity contribution in [2.45, 2.75) is 32.5 Å². The lowest BCUT2D eigenvalue weighted by Crippen LogP contribution is -2.43. The molecule has 21 heavy (non-hydrogen) atoms. The third-order valence-corrected chi connectivity index (χ3v) is 3.68. The maximum Gasteiger partial charge on any atom is 0.237 e. The van der Waals surface area contributed by atoms with Crippen LogP contribution in [0.3, 0.4) is 0 Å². The molecule has 0 aliphatic heterocycles. The van der Waals surface area contributed by atoms with Gasteiger partial charge in [0.15, 0.2) is 0 Å². The molecule has 0 saturated heterocycles. The Morgan fingerprint density at radius 3 is 2.52 bits per heavy atom. The second-order valence-electron chi connectivity index (χ2n) is 5.31. The Hall–Kier alpha value is -2.07. The summed E-state index contributed by atoms with van der Waals surface area (Å²) < 4.78 is 5.31. The molecule has 4 heteroatoms. The Balaban J connectivity index is 1.90. The smallest absolute Gasteiger partial charge is 0.237 e. The summed E-state index contributed by atoms with van der Waals surface area (Å²) in [4.78, 5) is 14.3. The quantitative estimate of drug-likeness (QED) is 0.888. The first-order valence-corrected chi connectivity index (χ1v) is 7.16. The van der Waals surface area contributed by atoms with Gasteiger partial charge in [-0.1, -0.05) is 30.3 Å². The van der Waals surface area contributed by atoms with Gasteiger partial charge in [0.05, 0.1) is 24.9 Å². The molecule has 112 valence electrons. The molecule has 2 atom stereocenters. The van der Waals surface area contributed by atoms with Crippen LogP contribution in [0.4, 0.5) is 0 Å². The van der Waals surface area contributed by atoms with Crippen LogP contribution in [0.1, 0.15) is 31.2 Å². The van der Waals surface area contributed by atoms with E-state index in [1.165, 1.54) is 0 Å². The van der Waals surface area contributed by atoms with Crippen molar-refractivity contribution < 1.29 is 9.21 Å². The second kappa shape index (κ2) is 7.09. The fraction of sp³-hybridized carbons (Fsp3) is 0.353. The monoisotopic (exact) mass is 286 g/mol. The average molecular weight is 286 g/mol. The van der Waals surface area contributed by atoms with Crippen LogP contribution in [-0.2, 0) is 11.3 Å². The van der Waals surface area contributed by atoms with Gasteiger partial charge < -0.3 is 9.73 Å². The van der Waals surface area contributed by atoms with Crippen molar-refractivity contribution in [3.63, 3.8) is 0 Å². The number of likely N-dealkylation sites (N-methyl/N-ethyl adjacent to an activating group) is 1. The van der Waals surface area contributed by atoms with Crippen LogP contribution in [-0.4, -0.2) is 23.9 Å². The zero-order chi connectivity index (χ0) is 15.2. The van der Waals surface area contributed by atoms with E-state index in [4.69, 9.17) is 4.42 Å². The Morgan fingerprint density at radius 2 is 1.90 bits per heavy atom. The number of furan rings is 1. The molecule has 0 saturated carbocycles. The molecule has 0 radical (unpaired) electrons. The van der Waals surface area contributed by atoms with Gasteiger partial charge in [-0.05, 0) is 38.6 Å². The van der Waals surface area contributed by atoms with Crippen molar-refractivity contribution in [1.82, 2.24) is 10.2 Å². The molecule has 4 nitrogen and oxygen atoms in total. The SMILES string of the molecule is C[C@H](C(=O)N[C@H](C)c1ccccc1)N(C)Cc1ccco1. The van der Waals surface area contributed by atoms with E-state index in [1.807, 2.05) is 68.3 Å². The van der Waals surface area contributed by atoms with Crippen LogP contribution in [0.25, 0.3) is 0 Å². The number of amides is 1. The maximum absolute atomic E-state index is 12.3. The van der Waals surface area contributed by atoms with E-state index in [9.17, 15) is 4.79 Å². The normalized spacial score (nSPS) is 13.9. The molecular formula is C17H22N2O2. The maximum atomic E-state index is 12.3. The van der Waals surface area contributed by atoms with Gasteiger partial charge in [0.25, 0.3) is 0 Å². The summed E-state index contributed by atoms with van der Waals surface area (Å²) in [6.07, 6.45) is 1.64. The molecule has 1 aromatic carbocycles. The average Bonchev–Trinajstić information content (AvgIpc) is 3.00. The largest absolute Gasteiger partial charge is 0.468 e. The lowest BCUT2D eigenvalue weighted by Gasteiger charge is -2.25. The summed E-state index contributed by atoms with van der Waals surface area (Å²) in [5.74, 6) is 0.869. The van der Waals surface area contributed by atoms with Gasteiger partial charge in [-0.25, -0.2) is 0 Å². The molecule has 0 spiro atoms. The molecule has 1 N–H and O–H groups in total. The first kappa shape index (κ1) is 15.3. The fourth-order valence-electron chi connectivity index (χ4n) is 2.14. The lowest BCUT2D eigenvalue weighted by molar-refractivity contribution is -0.126. The molecule has 0 unspecified atom stereocenters. The van der Waals surface area contributed by atoms with Gasteiger partial charge in [0, 0.05) is 0 Å². The molecule has 0 fully saturated rings. The first-order valence-electron chi connectivity index (χ1n) is 7.16. The topological polar surface area (TPSA) is 45.5 Å². The highest BCUT2D eigenvalue weighted by molar-refractivity contribution is 5.81. The summed E-state index contributed by atoms with van der Waals surface area (Å²) >= 11 is 0. The molecule has 0 bridgehead atoms. The summed E-state index contributed by atoms with van der Waals surface area (Å²) in [5.41, 5.74) is 1.10. The van der Waals surface area contributed by atoms with E-state index in [0.29, 0.717) is 6.54 Å². The molecule has 0 aliphatic carbocycles. The molecule has 2 aromatic rings. The van der Waals surface area contributed by atoms with Crippen molar-refractivity contribution >= 4 is 5.91 Å². The van der Waals surface area contributed by atoms with Gasteiger partial charge >= 0.3 is 0 Å². The first-order chi connectivity index (χ1) is 10.1. The number of hydrogen-bond donors (Lipinski definition) is 1. The highest BCUT2D eigenvalue weighted by Crippen LogP contribution is 2.12. The van der Waals surface area contributed by atoms with Crippen LogP contribution in [0.15, 0.2) is 53.1 Å². The van der Waals surface area contributed by atoms with E-state index in [0.717, 1.165) is 11.3 Å². The van der Waals surface area contributed by atoms with Crippen LogP contribution in [0.2, 0.25) is 0 Å². The van der Waals surface area contributed by atoms with Crippen molar-refractivity contribution in [3.05, 3.63) is 60.1 Å². The van der Waals surface area contributed by atoms with Crippen molar-refractivity contribution in [1.29, 1.82) is 0 Å². The van der Waals surface area contributed by atoms with Crippen molar-refractivity contribution in [2.75, 3.05) is 7.05 Å². The fourth-order valence-corrected chi connectivity index (χ4v) is 2.14. The number of carbonyl (C=O) groups is 1. The van der Waals surface area contributed by atoms with Crippen molar-refractivity contribution in [3.8, 4) is 0 Å². The van der Waals surface area contributed by atoms with E-state index in [1.54, 1.807) is 6.26 Å². The Labute approximate surface area is 125 Å². The number of rotatable bonds is 6. The Bertz CT molecular complexity index is 551. The zero-order valence-electron chi connectivity index (χ0n) is 12.7. The molecule has 1 aromatic heterocycles. The van der Waals surface area contributed by atoms with E-state index >= 15 is 0 Å². The minimum absolute atomic E-state index is 0.00170. The number of benzene rings is 1. The second-order valence-corrected chi connectivity index (χ2v) is 5.31. The van der Waals surface area contributed by atoms with E-state index in [-0.39, 0.29) is 18.0 Å². The number of nitrogens with one attached hydrogen (secondary N) is 1. The summed E-state index contributed by atoms with van der Waals surface area (Å²) in [6, 6.07) is 13.5. The third-order valence-electron chi connectivity index (χ3n) is 3.68. The summed E-state index contributed by atoms with van der Waals surface area (Å²) in [7, 11) is 1.92. The highest BCUT2D eigenvalue weighted by Gasteiger charge is 2.20. The molecular weight excluding hydrogens is 264 g/mol. The standard InChI is InChI=1S/C17H22N2O2/c1-13(15-8-5-4-6-9-15)18-17(20)14(2)19(3)12-16-10-7-11-21-16/h4-11,13-14H,12H2,1-3H3,(H,18,20)/t13-,14-/m1/s1. The number of carbonyl (C=O) groups excluding carboxylic acids is 1. The highest BCUT2D eigenvalue weighted by atomic mass is 16.3. The van der Waals surface area contributed by atoms with E-state index in [2.05, 4.69) is 5.32 Å². The van der Waals surface area contributed by atoms with Crippen molar-refractivity contribution in [2.24, 2.45) is 0 Å². The van der Waals surface area contributed by atoms with Crippen LogP contribution < -0.4 is 5.32 Å². The number of hydrogen-bond acceptors (Lipinski definition) is 3.